The second-order valence-electron chi connectivity index (χ2n) is 9.05. The summed E-state index contributed by atoms with van der Waals surface area (Å²) in [5.41, 5.74) is 5.37. The average Bonchev–Trinajstić information content (AvgIpc) is 3.25. The van der Waals surface area contributed by atoms with Crippen LogP contribution in [0.25, 0.3) is 11.8 Å². The Hall–Kier alpha value is -4.50. The molecule has 0 fully saturated rings. The summed E-state index contributed by atoms with van der Waals surface area (Å²) in [6.07, 6.45) is 3.27. The number of ether oxygens (including phenoxy) is 2. The molecule has 1 atom stereocenters. The van der Waals surface area contributed by atoms with Crippen molar-refractivity contribution in [3.05, 3.63) is 124 Å². The van der Waals surface area contributed by atoms with Crippen molar-refractivity contribution in [3.8, 4) is 11.5 Å². The van der Waals surface area contributed by atoms with E-state index in [1.807, 2.05) is 30.3 Å². The van der Waals surface area contributed by atoms with Crippen molar-refractivity contribution in [2.45, 2.75) is 18.9 Å². The molecule has 1 aliphatic carbocycles. The number of aryl methyl sites for hydroxylation is 1. The molecule has 0 amide bonds. The number of thiazole rings is 1. The van der Waals surface area contributed by atoms with E-state index in [2.05, 4.69) is 12.1 Å². The van der Waals surface area contributed by atoms with E-state index in [-0.39, 0.29) is 11.2 Å². The zero-order valence-electron chi connectivity index (χ0n) is 20.7. The van der Waals surface area contributed by atoms with Crippen LogP contribution in [-0.4, -0.2) is 23.7 Å². The molecule has 3 aromatic carbocycles. The summed E-state index contributed by atoms with van der Waals surface area (Å²) in [4.78, 5) is 30.4. The summed E-state index contributed by atoms with van der Waals surface area (Å²) < 4.78 is 13.6. The van der Waals surface area contributed by atoms with Gasteiger partial charge in [0.05, 0.1) is 35.4 Å². The van der Waals surface area contributed by atoms with Gasteiger partial charge in [0, 0.05) is 23.3 Å². The van der Waals surface area contributed by atoms with Gasteiger partial charge in [-0.25, -0.2) is 4.99 Å². The molecular weight excluding hydrogens is 502 g/mol. The molecule has 1 unspecified atom stereocenters. The topological polar surface area (TPSA) is 96.0 Å². The molecule has 0 radical (unpaired) electrons. The van der Waals surface area contributed by atoms with Crippen LogP contribution in [0.3, 0.4) is 0 Å². The van der Waals surface area contributed by atoms with E-state index in [9.17, 15) is 14.9 Å². The molecule has 6 rings (SSSR count). The lowest BCUT2D eigenvalue weighted by molar-refractivity contribution is -0.384. The quantitative estimate of drug-likeness (QED) is 0.287. The smallest absolute Gasteiger partial charge is 0.271 e. The largest absolute Gasteiger partial charge is 0.493 e. The maximum atomic E-state index is 13.9. The number of fused-ring (bicyclic) bond motifs is 3. The van der Waals surface area contributed by atoms with Gasteiger partial charge in [-0.3, -0.25) is 19.5 Å². The number of nitro groups is 1. The summed E-state index contributed by atoms with van der Waals surface area (Å²) in [6, 6.07) is 19.7. The normalized spacial score (nSPS) is 16.3. The van der Waals surface area contributed by atoms with Crippen molar-refractivity contribution in [2.75, 3.05) is 14.2 Å². The van der Waals surface area contributed by atoms with Crippen LogP contribution >= 0.6 is 11.3 Å². The van der Waals surface area contributed by atoms with Gasteiger partial charge >= 0.3 is 0 Å². The Kier molecular flexibility index (Phi) is 5.92. The zero-order chi connectivity index (χ0) is 26.4. The molecule has 190 valence electrons. The maximum Gasteiger partial charge on any atom is 0.271 e. The van der Waals surface area contributed by atoms with Gasteiger partial charge in [0.2, 0.25) is 0 Å². The molecule has 38 heavy (non-hydrogen) atoms. The van der Waals surface area contributed by atoms with Crippen molar-refractivity contribution in [1.29, 1.82) is 0 Å². The minimum absolute atomic E-state index is 0.0300. The van der Waals surface area contributed by atoms with Gasteiger partial charge in [-0.1, -0.05) is 59.9 Å². The number of aromatic nitrogens is 1. The van der Waals surface area contributed by atoms with Crippen molar-refractivity contribution in [2.24, 2.45) is 4.99 Å². The van der Waals surface area contributed by atoms with Gasteiger partial charge in [0.15, 0.2) is 16.3 Å². The SMILES string of the molecule is COc1cccc(C2C3=C(N=c4sc(=Cc5cccc([N+](=O)[O-])c5)c(=O)n42)c2ccccc2CC3)c1OC. The van der Waals surface area contributed by atoms with Gasteiger partial charge < -0.3 is 9.47 Å². The van der Waals surface area contributed by atoms with Crippen LogP contribution in [0, 0.1) is 10.1 Å². The number of nitrogens with zero attached hydrogens (tertiary/aromatic N) is 3. The number of hydrogen-bond donors (Lipinski definition) is 0. The fourth-order valence-electron chi connectivity index (χ4n) is 5.31. The van der Waals surface area contributed by atoms with E-state index >= 15 is 0 Å². The number of benzene rings is 3. The van der Waals surface area contributed by atoms with Gasteiger partial charge in [-0.15, -0.1) is 0 Å². The Morgan fingerprint density at radius 1 is 1.05 bits per heavy atom. The molecule has 1 aromatic heterocycles. The lowest BCUT2D eigenvalue weighted by Gasteiger charge is -2.31. The van der Waals surface area contributed by atoms with Crippen LogP contribution < -0.4 is 24.4 Å². The van der Waals surface area contributed by atoms with Gasteiger partial charge in [-0.2, -0.15) is 0 Å². The number of para-hydroxylation sites is 1. The highest BCUT2D eigenvalue weighted by molar-refractivity contribution is 7.07. The molecule has 0 saturated carbocycles. The Bertz CT molecular complexity index is 1820. The number of non-ortho nitro benzene ring substituents is 1. The summed E-state index contributed by atoms with van der Waals surface area (Å²) in [6.45, 7) is 0. The highest BCUT2D eigenvalue weighted by atomic mass is 32.1. The molecule has 2 heterocycles. The van der Waals surface area contributed by atoms with E-state index in [4.69, 9.17) is 14.5 Å². The van der Waals surface area contributed by atoms with Crippen molar-refractivity contribution >= 4 is 28.8 Å². The van der Waals surface area contributed by atoms with E-state index in [0.717, 1.165) is 35.2 Å². The number of allylic oxidation sites excluding steroid dienone is 1. The van der Waals surface area contributed by atoms with Crippen LogP contribution in [0.4, 0.5) is 5.69 Å². The highest BCUT2D eigenvalue weighted by Gasteiger charge is 2.34. The van der Waals surface area contributed by atoms with E-state index in [1.54, 1.807) is 37.0 Å². The lowest BCUT2D eigenvalue weighted by atomic mass is 9.83. The second kappa shape index (κ2) is 9.42. The Balaban J connectivity index is 1.64. The number of nitro benzene ring substituents is 1. The Morgan fingerprint density at radius 3 is 2.66 bits per heavy atom. The standard InChI is InChI=1S/C29H23N3O5S/c1-36-23-12-6-11-22(27(23)37-2)26-21-14-13-18-8-3-4-10-20(18)25(21)30-29-31(26)28(33)24(38-29)16-17-7-5-9-19(15-17)32(34)35/h3-12,15-16,26H,13-14H2,1-2H3. The molecule has 0 saturated heterocycles. The fourth-order valence-corrected chi connectivity index (χ4v) is 6.31. The fraction of sp³-hybridized carbons (Fsp3) is 0.172. The first-order valence-corrected chi connectivity index (χ1v) is 12.9. The third kappa shape index (κ3) is 3.83. The number of hydrogen-bond acceptors (Lipinski definition) is 7. The zero-order valence-corrected chi connectivity index (χ0v) is 21.5. The average molecular weight is 526 g/mol. The number of methoxy groups -OCH3 is 2. The third-order valence-corrected chi connectivity index (χ3v) is 7.96. The van der Waals surface area contributed by atoms with Gasteiger partial charge in [0.25, 0.3) is 11.2 Å². The van der Waals surface area contributed by atoms with Crippen molar-refractivity contribution < 1.29 is 14.4 Å². The predicted molar refractivity (Wildman–Crippen MR) is 145 cm³/mol. The van der Waals surface area contributed by atoms with Crippen LogP contribution in [0.1, 0.15) is 34.7 Å². The minimum Gasteiger partial charge on any atom is -0.493 e. The van der Waals surface area contributed by atoms with E-state index in [1.165, 1.54) is 29.0 Å². The molecule has 8 nitrogen and oxygen atoms in total. The number of rotatable bonds is 5. The summed E-state index contributed by atoms with van der Waals surface area (Å²) in [5.74, 6) is 1.15. The summed E-state index contributed by atoms with van der Waals surface area (Å²) >= 11 is 1.28. The summed E-state index contributed by atoms with van der Waals surface area (Å²) in [5, 5.41) is 11.3. The molecular formula is C29H23N3O5S. The highest BCUT2D eigenvalue weighted by Crippen LogP contribution is 2.45. The molecule has 4 aromatic rings. The van der Waals surface area contributed by atoms with Gasteiger partial charge in [0.1, 0.15) is 0 Å². The predicted octanol–water partition coefficient (Wildman–Crippen LogP) is 4.24. The molecule has 0 N–H and O–H groups in total. The summed E-state index contributed by atoms with van der Waals surface area (Å²) in [7, 11) is 3.19. The van der Waals surface area contributed by atoms with Crippen molar-refractivity contribution in [3.63, 3.8) is 0 Å². The first-order chi connectivity index (χ1) is 18.5. The second-order valence-corrected chi connectivity index (χ2v) is 10.1. The van der Waals surface area contributed by atoms with Crippen LogP contribution in [0.5, 0.6) is 11.5 Å². The molecule has 1 aliphatic heterocycles. The van der Waals surface area contributed by atoms with E-state index < -0.39 is 11.0 Å². The van der Waals surface area contributed by atoms with Crippen LogP contribution in [0.2, 0.25) is 0 Å². The Labute approximate surface area is 221 Å². The molecule has 9 heteroatoms. The van der Waals surface area contributed by atoms with E-state index in [0.29, 0.717) is 26.4 Å². The van der Waals surface area contributed by atoms with Crippen molar-refractivity contribution in [1.82, 2.24) is 4.57 Å². The minimum atomic E-state index is -0.445. The molecule has 0 spiro atoms. The first-order valence-electron chi connectivity index (χ1n) is 12.1. The first kappa shape index (κ1) is 23.9. The van der Waals surface area contributed by atoms with Crippen LogP contribution in [-0.2, 0) is 6.42 Å². The van der Waals surface area contributed by atoms with Crippen LogP contribution in [0.15, 0.2) is 82.1 Å². The lowest BCUT2D eigenvalue weighted by Crippen LogP contribution is -2.39. The monoisotopic (exact) mass is 525 g/mol. The Morgan fingerprint density at radius 2 is 1.87 bits per heavy atom. The van der Waals surface area contributed by atoms with Gasteiger partial charge in [-0.05, 0) is 41.7 Å². The third-order valence-electron chi connectivity index (χ3n) is 6.98. The molecule has 0 bridgehead atoms. The maximum absolute atomic E-state index is 13.9. The molecule has 2 aliphatic rings.